The zero-order valence-electron chi connectivity index (χ0n) is 15.3. The van der Waals surface area contributed by atoms with E-state index in [2.05, 4.69) is 19.9 Å². The summed E-state index contributed by atoms with van der Waals surface area (Å²) >= 11 is 0. The fraction of sp³-hybridized carbons (Fsp3) is 0.588. The summed E-state index contributed by atoms with van der Waals surface area (Å²) in [6, 6.07) is 9.91. The Bertz CT molecular complexity index is 647. The van der Waals surface area contributed by atoms with Gasteiger partial charge in [-0.15, -0.1) is 24.0 Å². The number of benzene rings is 1. The van der Waals surface area contributed by atoms with Crippen molar-refractivity contribution in [1.82, 2.24) is 14.9 Å². The molecular weight excluding hydrogens is 467 g/mol. The summed E-state index contributed by atoms with van der Waals surface area (Å²) < 4.78 is 30.5. The molecule has 0 atom stereocenters. The van der Waals surface area contributed by atoms with Crippen LogP contribution >= 0.6 is 24.0 Å². The van der Waals surface area contributed by atoms with Gasteiger partial charge in [-0.2, -0.15) is 0 Å². The average Bonchev–Trinajstić information content (AvgIpc) is 2.59. The molecule has 1 aromatic rings. The Morgan fingerprint density at radius 1 is 1.23 bits per heavy atom. The maximum absolute atomic E-state index is 11.0. The smallest absolute Gasteiger partial charge is 0.208 e. The van der Waals surface area contributed by atoms with E-state index in [1.807, 2.05) is 30.3 Å². The van der Waals surface area contributed by atoms with E-state index in [1.54, 1.807) is 7.05 Å². The number of sulfonamides is 1. The third kappa shape index (κ3) is 8.54. The van der Waals surface area contributed by atoms with Crippen molar-refractivity contribution >= 4 is 40.0 Å². The number of ether oxygens (including phenoxy) is 1. The first-order chi connectivity index (χ1) is 12.0. The van der Waals surface area contributed by atoms with E-state index in [0.29, 0.717) is 19.5 Å². The molecule has 1 fully saturated rings. The maximum Gasteiger partial charge on any atom is 0.208 e. The number of para-hydroxylation sites is 1. The Balaban J connectivity index is 0.00000338. The predicted octanol–water partition coefficient (Wildman–Crippen LogP) is 1.66. The van der Waals surface area contributed by atoms with Gasteiger partial charge >= 0.3 is 0 Å². The first-order valence-electron chi connectivity index (χ1n) is 8.60. The van der Waals surface area contributed by atoms with Crippen LogP contribution in [0.4, 0.5) is 0 Å². The minimum absolute atomic E-state index is 0. The van der Waals surface area contributed by atoms with Gasteiger partial charge in [-0.05, 0) is 18.6 Å². The third-order valence-electron chi connectivity index (χ3n) is 4.00. The second-order valence-corrected chi connectivity index (χ2v) is 7.94. The Morgan fingerprint density at radius 3 is 2.46 bits per heavy atom. The highest BCUT2D eigenvalue weighted by Gasteiger charge is 2.22. The van der Waals surface area contributed by atoms with Crippen molar-refractivity contribution in [2.75, 3.05) is 39.5 Å². The number of likely N-dealkylation sites (tertiary alicyclic amines) is 1. The lowest BCUT2D eigenvalue weighted by Gasteiger charge is -2.34. The molecule has 1 aliphatic rings. The number of guanidine groups is 1. The highest BCUT2D eigenvalue weighted by molar-refractivity contribution is 14.0. The van der Waals surface area contributed by atoms with Crippen molar-refractivity contribution in [3.8, 4) is 5.75 Å². The summed E-state index contributed by atoms with van der Waals surface area (Å²) in [5.74, 6) is 1.78. The molecule has 1 aromatic carbocycles. The SMILES string of the molecule is CN=C(NCCCNS(C)(=O)=O)N1CCC(Oc2ccccc2)CC1.I. The Morgan fingerprint density at radius 2 is 1.88 bits per heavy atom. The average molecular weight is 496 g/mol. The number of hydrogen-bond donors (Lipinski definition) is 2. The molecule has 1 aliphatic heterocycles. The Hall–Kier alpha value is -1.07. The monoisotopic (exact) mass is 496 g/mol. The summed E-state index contributed by atoms with van der Waals surface area (Å²) in [4.78, 5) is 6.54. The van der Waals surface area contributed by atoms with Crippen LogP contribution in [0.15, 0.2) is 35.3 Å². The molecular formula is C17H29IN4O3S. The van der Waals surface area contributed by atoms with E-state index < -0.39 is 10.0 Å². The first kappa shape index (κ1) is 23.0. The van der Waals surface area contributed by atoms with Gasteiger partial charge < -0.3 is 15.0 Å². The largest absolute Gasteiger partial charge is 0.490 e. The van der Waals surface area contributed by atoms with Gasteiger partial charge in [0.2, 0.25) is 10.0 Å². The molecule has 0 saturated carbocycles. The van der Waals surface area contributed by atoms with E-state index >= 15 is 0 Å². The second kappa shape index (κ2) is 11.6. The van der Waals surface area contributed by atoms with Crippen LogP contribution in [0, 0.1) is 0 Å². The lowest BCUT2D eigenvalue weighted by molar-refractivity contribution is 0.129. The molecule has 7 nitrogen and oxygen atoms in total. The molecule has 148 valence electrons. The van der Waals surface area contributed by atoms with E-state index in [1.165, 1.54) is 6.26 Å². The molecule has 26 heavy (non-hydrogen) atoms. The molecule has 0 unspecified atom stereocenters. The summed E-state index contributed by atoms with van der Waals surface area (Å²) in [7, 11) is -1.35. The molecule has 2 rings (SSSR count). The first-order valence-corrected chi connectivity index (χ1v) is 10.5. The van der Waals surface area contributed by atoms with Gasteiger partial charge in [0.1, 0.15) is 11.9 Å². The van der Waals surface area contributed by atoms with E-state index in [-0.39, 0.29) is 30.1 Å². The summed E-state index contributed by atoms with van der Waals surface area (Å²) in [5, 5.41) is 3.29. The van der Waals surface area contributed by atoms with Crippen molar-refractivity contribution in [2.45, 2.75) is 25.4 Å². The normalized spacial score (nSPS) is 16.1. The van der Waals surface area contributed by atoms with Gasteiger partial charge in [0.25, 0.3) is 0 Å². The van der Waals surface area contributed by atoms with Crippen LogP contribution < -0.4 is 14.8 Å². The fourth-order valence-corrected chi connectivity index (χ4v) is 3.27. The van der Waals surface area contributed by atoms with Gasteiger partial charge in [0.05, 0.1) is 6.26 Å². The standard InChI is InChI=1S/C17H28N4O3S.HI/c1-18-17(19-11-6-12-20-25(2,22)23)21-13-9-16(10-14-21)24-15-7-4-3-5-8-15;/h3-5,7-8,16,20H,6,9-14H2,1-2H3,(H,18,19);1H. The molecule has 0 radical (unpaired) electrons. The summed E-state index contributed by atoms with van der Waals surface area (Å²) in [6.07, 6.45) is 4.01. The van der Waals surface area contributed by atoms with Crippen LogP contribution in [-0.4, -0.2) is 64.9 Å². The summed E-state index contributed by atoms with van der Waals surface area (Å²) in [5.41, 5.74) is 0. The number of nitrogens with zero attached hydrogens (tertiary/aromatic N) is 2. The molecule has 0 amide bonds. The van der Waals surface area contributed by atoms with Gasteiger partial charge in [0.15, 0.2) is 5.96 Å². The summed E-state index contributed by atoms with van der Waals surface area (Å²) in [6.45, 7) is 2.88. The molecule has 1 saturated heterocycles. The zero-order valence-corrected chi connectivity index (χ0v) is 18.5. The lowest BCUT2D eigenvalue weighted by Crippen LogP contribution is -2.47. The molecule has 0 aromatic heterocycles. The second-order valence-electron chi connectivity index (χ2n) is 6.11. The van der Waals surface area contributed by atoms with Crippen LogP contribution in [0.1, 0.15) is 19.3 Å². The number of nitrogens with one attached hydrogen (secondary N) is 2. The maximum atomic E-state index is 11.0. The number of aliphatic imine (C=N–C) groups is 1. The molecule has 0 aliphatic carbocycles. The highest BCUT2D eigenvalue weighted by Crippen LogP contribution is 2.18. The predicted molar refractivity (Wildman–Crippen MR) is 116 cm³/mol. The topological polar surface area (TPSA) is 83.0 Å². The zero-order chi connectivity index (χ0) is 18.1. The van der Waals surface area contributed by atoms with Crippen LogP contribution in [0.2, 0.25) is 0 Å². The quantitative estimate of drug-likeness (QED) is 0.260. The Kier molecular flexibility index (Phi) is 10.3. The Labute approximate surface area is 173 Å². The fourth-order valence-electron chi connectivity index (χ4n) is 2.76. The van der Waals surface area contributed by atoms with E-state index in [0.717, 1.165) is 37.6 Å². The number of hydrogen-bond acceptors (Lipinski definition) is 4. The van der Waals surface area contributed by atoms with Gasteiger partial charge in [0, 0.05) is 46.1 Å². The van der Waals surface area contributed by atoms with Gasteiger partial charge in [-0.3, -0.25) is 4.99 Å². The molecule has 0 spiro atoms. The minimum Gasteiger partial charge on any atom is -0.490 e. The van der Waals surface area contributed by atoms with Crippen LogP contribution in [0.3, 0.4) is 0 Å². The number of rotatable bonds is 7. The van der Waals surface area contributed by atoms with Crippen LogP contribution in [0.25, 0.3) is 0 Å². The van der Waals surface area contributed by atoms with Crippen molar-refractivity contribution in [1.29, 1.82) is 0 Å². The molecule has 0 bridgehead atoms. The van der Waals surface area contributed by atoms with Crippen molar-refractivity contribution in [2.24, 2.45) is 4.99 Å². The van der Waals surface area contributed by atoms with Crippen LogP contribution in [-0.2, 0) is 10.0 Å². The van der Waals surface area contributed by atoms with E-state index in [9.17, 15) is 8.42 Å². The van der Waals surface area contributed by atoms with Crippen molar-refractivity contribution in [3.05, 3.63) is 30.3 Å². The molecule has 2 N–H and O–H groups in total. The molecule has 9 heteroatoms. The van der Waals surface area contributed by atoms with E-state index in [4.69, 9.17) is 4.74 Å². The lowest BCUT2D eigenvalue weighted by atomic mass is 10.1. The minimum atomic E-state index is -3.12. The third-order valence-corrected chi connectivity index (χ3v) is 4.73. The number of piperidine rings is 1. The van der Waals surface area contributed by atoms with Gasteiger partial charge in [-0.25, -0.2) is 13.1 Å². The van der Waals surface area contributed by atoms with Crippen molar-refractivity contribution < 1.29 is 13.2 Å². The number of halogens is 1. The highest BCUT2D eigenvalue weighted by atomic mass is 127. The van der Waals surface area contributed by atoms with Crippen LogP contribution in [0.5, 0.6) is 5.75 Å². The van der Waals surface area contributed by atoms with Gasteiger partial charge in [-0.1, -0.05) is 18.2 Å². The van der Waals surface area contributed by atoms with Crippen molar-refractivity contribution in [3.63, 3.8) is 0 Å². The molecule has 1 heterocycles.